The van der Waals surface area contributed by atoms with Gasteiger partial charge in [0.05, 0.1) is 34.1 Å². The fourth-order valence-corrected chi connectivity index (χ4v) is 7.62. The molecule has 164 valence electrons. The van der Waals surface area contributed by atoms with E-state index < -0.39 is 0 Å². The van der Waals surface area contributed by atoms with E-state index in [4.69, 9.17) is 0 Å². The molecule has 0 aliphatic carbocycles. The summed E-state index contributed by atoms with van der Waals surface area (Å²) >= 11 is 3.83. The van der Waals surface area contributed by atoms with Crippen molar-refractivity contribution < 1.29 is 0 Å². The average molecular weight is 463 g/mol. The van der Waals surface area contributed by atoms with Crippen molar-refractivity contribution in [2.75, 3.05) is 13.1 Å². The van der Waals surface area contributed by atoms with Gasteiger partial charge in [-0.15, -0.1) is 23.1 Å². The van der Waals surface area contributed by atoms with Crippen molar-refractivity contribution in [3.05, 3.63) is 53.5 Å². The molecule has 1 aromatic carbocycles. The molecule has 6 heterocycles. The molecule has 6 nitrogen and oxygen atoms in total. The highest BCUT2D eigenvalue weighted by molar-refractivity contribution is 7.99. The minimum Gasteiger partial charge on any atom is -0.344 e. The van der Waals surface area contributed by atoms with Crippen molar-refractivity contribution in [3.63, 3.8) is 0 Å². The molecule has 7 rings (SSSR count). The van der Waals surface area contributed by atoms with Gasteiger partial charge >= 0.3 is 0 Å². The number of hydrogen-bond acceptors (Lipinski definition) is 6. The number of fused-ring (bicyclic) bond motifs is 2. The van der Waals surface area contributed by atoms with E-state index >= 15 is 0 Å². The molecular formula is C24H26N6S2. The number of thioether (sulfide) groups is 1. The largest absolute Gasteiger partial charge is 0.344 e. The van der Waals surface area contributed by atoms with Crippen LogP contribution in [0.5, 0.6) is 0 Å². The number of nitrogens with one attached hydrogen (secondary N) is 4. The van der Waals surface area contributed by atoms with Crippen LogP contribution < -0.4 is 10.6 Å². The fourth-order valence-electron chi connectivity index (χ4n) is 5.25. The third-order valence-corrected chi connectivity index (χ3v) is 9.45. The summed E-state index contributed by atoms with van der Waals surface area (Å²) in [6.07, 6.45) is 9.91. The monoisotopic (exact) mass is 462 g/mol. The van der Waals surface area contributed by atoms with Crippen LogP contribution >= 0.6 is 23.1 Å². The van der Waals surface area contributed by atoms with Gasteiger partial charge in [0.2, 0.25) is 0 Å². The Labute approximate surface area is 195 Å². The molecule has 0 radical (unpaired) electrons. The van der Waals surface area contributed by atoms with E-state index in [1.54, 1.807) is 0 Å². The summed E-state index contributed by atoms with van der Waals surface area (Å²) in [5, 5.41) is 8.82. The topological polar surface area (TPSA) is 81.4 Å². The molecule has 3 aliphatic rings. The number of imidazole rings is 2. The third kappa shape index (κ3) is 3.32. The van der Waals surface area contributed by atoms with Gasteiger partial charge in [0.1, 0.15) is 11.6 Å². The first-order valence-corrected chi connectivity index (χ1v) is 13.3. The minimum atomic E-state index is 0.378. The Bertz CT molecular complexity index is 1230. The van der Waals surface area contributed by atoms with E-state index in [1.165, 1.54) is 56.8 Å². The van der Waals surface area contributed by atoms with Crippen LogP contribution in [0.1, 0.15) is 65.9 Å². The number of thiophene rings is 1. The molecule has 2 fully saturated rings. The molecular weight excluding hydrogens is 436 g/mol. The Morgan fingerprint density at radius 1 is 0.875 bits per heavy atom. The van der Waals surface area contributed by atoms with Crippen molar-refractivity contribution in [3.8, 4) is 10.6 Å². The molecule has 3 aromatic heterocycles. The van der Waals surface area contributed by atoms with Crippen LogP contribution in [-0.4, -0.2) is 33.0 Å². The molecule has 0 spiro atoms. The van der Waals surface area contributed by atoms with Crippen molar-refractivity contribution in [2.24, 2.45) is 0 Å². The van der Waals surface area contributed by atoms with Crippen LogP contribution in [-0.2, 0) is 6.42 Å². The Morgan fingerprint density at radius 3 is 2.44 bits per heavy atom. The lowest BCUT2D eigenvalue weighted by molar-refractivity contribution is 0.610. The Kier molecular flexibility index (Phi) is 4.67. The van der Waals surface area contributed by atoms with Gasteiger partial charge in [0.15, 0.2) is 0 Å². The number of aromatic nitrogens is 4. The average Bonchev–Trinajstić information content (AvgIpc) is 3.65. The number of benzene rings is 1. The molecule has 0 bridgehead atoms. The fraction of sp³-hybridized carbons (Fsp3) is 0.417. The summed E-state index contributed by atoms with van der Waals surface area (Å²) in [7, 11) is 0. The maximum Gasteiger partial charge on any atom is 0.123 e. The van der Waals surface area contributed by atoms with Gasteiger partial charge in [-0.3, -0.25) is 0 Å². The SMILES string of the molecule is c1nc([C@@H]2CCCN2)[nH]c1-c1cc2cc3c(cc2s1)CC(c1cnc([C@@H]2CCCN2)[nH]1)S3. The minimum absolute atomic E-state index is 0.378. The molecule has 8 heteroatoms. The van der Waals surface area contributed by atoms with Gasteiger partial charge in [-0.25, -0.2) is 9.97 Å². The number of rotatable bonds is 4. The van der Waals surface area contributed by atoms with E-state index in [1.807, 2.05) is 35.5 Å². The lowest BCUT2D eigenvalue weighted by atomic mass is 10.1. The Balaban J connectivity index is 1.12. The zero-order chi connectivity index (χ0) is 21.1. The predicted octanol–water partition coefficient (Wildman–Crippen LogP) is 5.25. The van der Waals surface area contributed by atoms with Crippen LogP contribution in [0.15, 0.2) is 35.5 Å². The zero-order valence-electron chi connectivity index (χ0n) is 17.8. The molecule has 0 saturated carbocycles. The number of hydrogen-bond donors (Lipinski definition) is 4. The smallest absolute Gasteiger partial charge is 0.123 e. The summed E-state index contributed by atoms with van der Waals surface area (Å²) in [4.78, 5) is 19.2. The Hall–Kier alpha value is -2.13. The van der Waals surface area contributed by atoms with E-state index in [0.29, 0.717) is 17.3 Å². The van der Waals surface area contributed by atoms with Crippen LogP contribution in [0, 0.1) is 0 Å². The van der Waals surface area contributed by atoms with E-state index in [9.17, 15) is 0 Å². The van der Waals surface area contributed by atoms with Gasteiger partial charge in [-0.2, -0.15) is 0 Å². The molecule has 1 unspecified atom stereocenters. The van der Waals surface area contributed by atoms with Crippen molar-refractivity contribution in [1.82, 2.24) is 30.6 Å². The quantitative estimate of drug-likeness (QED) is 0.333. The molecule has 0 amide bonds. The highest BCUT2D eigenvalue weighted by atomic mass is 32.2. The standard InChI is InChI=1S/C24H26N6S2/c1-3-15(25-5-1)23-27-11-17(29-23)21-9-13-7-20-14(8-19(13)31-21)10-22(32-20)18-12-28-24(30-18)16-4-2-6-26-16/h7-9,11-12,15-16,22,25-26H,1-6,10H2,(H,27,29)(H,28,30)/t15-,16-,22?/m0/s1. The maximum absolute atomic E-state index is 4.68. The molecule has 3 aliphatic heterocycles. The first kappa shape index (κ1) is 19.3. The lowest BCUT2D eigenvalue weighted by Crippen LogP contribution is -2.14. The lowest BCUT2D eigenvalue weighted by Gasteiger charge is -2.07. The van der Waals surface area contributed by atoms with Crippen molar-refractivity contribution in [1.29, 1.82) is 0 Å². The summed E-state index contributed by atoms with van der Waals surface area (Å²) in [5.41, 5.74) is 3.84. The zero-order valence-corrected chi connectivity index (χ0v) is 19.4. The number of H-pyrrole nitrogens is 2. The number of nitrogens with zero attached hydrogens (tertiary/aromatic N) is 2. The summed E-state index contributed by atoms with van der Waals surface area (Å²) in [6.45, 7) is 2.19. The van der Waals surface area contributed by atoms with E-state index in [0.717, 1.165) is 36.9 Å². The van der Waals surface area contributed by atoms with E-state index in [-0.39, 0.29) is 0 Å². The third-order valence-electron chi connectivity index (χ3n) is 6.98. The van der Waals surface area contributed by atoms with Crippen molar-refractivity contribution in [2.45, 2.75) is 54.3 Å². The highest BCUT2D eigenvalue weighted by Crippen LogP contribution is 2.48. The summed E-state index contributed by atoms with van der Waals surface area (Å²) < 4.78 is 1.36. The molecule has 4 N–H and O–H groups in total. The first-order chi connectivity index (χ1) is 15.8. The van der Waals surface area contributed by atoms with Gasteiger partial charge in [-0.1, -0.05) is 0 Å². The molecule has 2 saturated heterocycles. The summed E-state index contributed by atoms with van der Waals surface area (Å²) in [5.74, 6) is 2.17. The van der Waals surface area contributed by atoms with E-state index in [2.05, 4.69) is 48.8 Å². The first-order valence-electron chi connectivity index (χ1n) is 11.6. The van der Waals surface area contributed by atoms with Gasteiger partial charge < -0.3 is 20.6 Å². The van der Waals surface area contributed by atoms with Crippen LogP contribution in [0.25, 0.3) is 20.7 Å². The van der Waals surface area contributed by atoms with Gasteiger partial charge in [0.25, 0.3) is 0 Å². The molecule has 3 atom stereocenters. The van der Waals surface area contributed by atoms with Gasteiger partial charge in [-0.05, 0) is 74.3 Å². The number of aromatic amines is 2. The second kappa shape index (κ2) is 7.73. The summed E-state index contributed by atoms with van der Waals surface area (Å²) in [6, 6.07) is 7.86. The Morgan fingerprint density at radius 2 is 1.66 bits per heavy atom. The molecule has 32 heavy (non-hydrogen) atoms. The van der Waals surface area contributed by atoms with Gasteiger partial charge in [0, 0.05) is 21.5 Å². The van der Waals surface area contributed by atoms with Crippen molar-refractivity contribution >= 4 is 33.2 Å². The van der Waals surface area contributed by atoms with Crippen LogP contribution in [0.2, 0.25) is 0 Å². The predicted molar refractivity (Wildman–Crippen MR) is 130 cm³/mol. The highest BCUT2D eigenvalue weighted by Gasteiger charge is 2.28. The second-order valence-electron chi connectivity index (χ2n) is 9.12. The molecule has 4 aromatic rings. The normalized spacial score (nSPS) is 25.2. The maximum atomic E-state index is 4.68. The van der Waals surface area contributed by atoms with Crippen LogP contribution in [0.4, 0.5) is 0 Å². The second-order valence-corrected chi connectivity index (χ2v) is 11.5. The van der Waals surface area contributed by atoms with Crippen LogP contribution in [0.3, 0.4) is 0 Å².